The van der Waals surface area contributed by atoms with Gasteiger partial charge < -0.3 is 10.1 Å². The lowest BCUT2D eigenvalue weighted by molar-refractivity contribution is 0.315. The molecule has 3 aromatic rings. The van der Waals surface area contributed by atoms with Crippen molar-refractivity contribution in [2.45, 2.75) is 38.6 Å². The Morgan fingerprint density at radius 1 is 1.09 bits per heavy atom. The van der Waals surface area contributed by atoms with Crippen LogP contribution in [0.15, 0.2) is 82.3 Å². The minimum Gasteiger partial charge on any atom is -0.492 e. The molecule has 1 heterocycles. The minimum atomic E-state index is 0.310. The van der Waals surface area contributed by atoms with Crippen LogP contribution in [0.3, 0.4) is 0 Å². The second-order valence-electron chi connectivity index (χ2n) is 8.95. The van der Waals surface area contributed by atoms with Crippen LogP contribution in [0.25, 0.3) is 0 Å². The van der Waals surface area contributed by atoms with Gasteiger partial charge in [0, 0.05) is 17.8 Å². The summed E-state index contributed by atoms with van der Waals surface area (Å²) in [6, 6.07) is 21.8. The second-order valence-corrected chi connectivity index (χ2v) is 9.81. The van der Waals surface area contributed by atoms with Gasteiger partial charge in [-0.05, 0) is 94.7 Å². The van der Waals surface area contributed by atoms with Crippen LogP contribution < -0.4 is 10.1 Å². The Kier molecular flexibility index (Phi) is 6.37. The zero-order chi connectivity index (χ0) is 22.8. The molecule has 3 aromatic carbocycles. The van der Waals surface area contributed by atoms with Crippen molar-refractivity contribution in [2.75, 3.05) is 11.9 Å². The molecule has 2 aliphatic rings. The molecule has 5 rings (SSSR count). The van der Waals surface area contributed by atoms with Crippen molar-refractivity contribution in [1.29, 1.82) is 0 Å². The summed E-state index contributed by atoms with van der Waals surface area (Å²) in [4.78, 5) is 4.69. The maximum atomic E-state index is 5.73. The molecule has 0 radical (unpaired) electrons. The fraction of sp³-hybridized carbons (Fsp3) is 0.276. The molecule has 0 unspecified atom stereocenters. The standard InChI is InChI=1S/C29H29BrN2O/c1-3-15-33-28-14-8-20(17-26(28)30)18-31-22-11-9-21(10-12-22)29-24-6-4-5-23(24)25-16-19(2)7-13-27(25)32-29/h4-5,7-14,16-18,23-24,29,32H,3,6,15H2,1-2H3/t23-,24-,29+/m1/s1. The van der Waals surface area contributed by atoms with E-state index in [4.69, 9.17) is 4.74 Å². The summed E-state index contributed by atoms with van der Waals surface area (Å²) in [7, 11) is 0. The number of aliphatic imine (C=N–C) groups is 1. The van der Waals surface area contributed by atoms with Crippen LogP contribution in [0, 0.1) is 12.8 Å². The molecule has 0 amide bonds. The number of halogens is 1. The smallest absolute Gasteiger partial charge is 0.133 e. The molecule has 0 aromatic heterocycles. The lowest BCUT2D eigenvalue weighted by Gasteiger charge is -2.37. The van der Waals surface area contributed by atoms with E-state index in [0.717, 1.165) is 40.9 Å². The van der Waals surface area contributed by atoms with Crippen molar-refractivity contribution in [3.63, 3.8) is 0 Å². The highest BCUT2D eigenvalue weighted by Gasteiger charge is 2.37. The van der Waals surface area contributed by atoms with Gasteiger partial charge in [0.15, 0.2) is 0 Å². The average molecular weight is 501 g/mol. The van der Waals surface area contributed by atoms with Crippen molar-refractivity contribution < 1.29 is 4.74 Å². The van der Waals surface area contributed by atoms with Gasteiger partial charge in [0.1, 0.15) is 5.75 Å². The van der Waals surface area contributed by atoms with Crippen LogP contribution in [0.5, 0.6) is 5.75 Å². The Balaban J connectivity index is 1.32. The zero-order valence-corrected chi connectivity index (χ0v) is 20.7. The van der Waals surface area contributed by atoms with Gasteiger partial charge >= 0.3 is 0 Å². The van der Waals surface area contributed by atoms with Crippen molar-refractivity contribution in [3.05, 3.63) is 99.5 Å². The maximum Gasteiger partial charge on any atom is 0.133 e. The summed E-state index contributed by atoms with van der Waals surface area (Å²) in [6.07, 6.45) is 8.75. The molecule has 0 saturated heterocycles. The summed E-state index contributed by atoms with van der Waals surface area (Å²) in [6.45, 7) is 5.00. The molecule has 3 nitrogen and oxygen atoms in total. The zero-order valence-electron chi connectivity index (χ0n) is 19.1. The number of fused-ring (bicyclic) bond motifs is 3. The van der Waals surface area contributed by atoms with E-state index in [9.17, 15) is 0 Å². The number of rotatable bonds is 6. The third kappa shape index (κ3) is 4.63. The monoisotopic (exact) mass is 500 g/mol. The van der Waals surface area contributed by atoms with Gasteiger partial charge in [-0.15, -0.1) is 0 Å². The molecule has 0 spiro atoms. The van der Waals surface area contributed by atoms with Gasteiger partial charge in [-0.3, -0.25) is 4.99 Å². The van der Waals surface area contributed by atoms with Gasteiger partial charge in [-0.1, -0.05) is 48.9 Å². The Hall–Kier alpha value is -2.85. The summed E-state index contributed by atoms with van der Waals surface area (Å²) >= 11 is 3.60. The fourth-order valence-corrected chi connectivity index (χ4v) is 5.40. The van der Waals surface area contributed by atoms with Crippen LogP contribution in [-0.4, -0.2) is 12.8 Å². The van der Waals surface area contributed by atoms with E-state index in [-0.39, 0.29) is 0 Å². The van der Waals surface area contributed by atoms with E-state index in [1.807, 2.05) is 24.4 Å². The summed E-state index contributed by atoms with van der Waals surface area (Å²) in [5.41, 5.74) is 7.33. The number of anilines is 1. The van der Waals surface area contributed by atoms with E-state index in [1.165, 1.54) is 22.4 Å². The highest BCUT2D eigenvalue weighted by atomic mass is 79.9. The number of hydrogen-bond donors (Lipinski definition) is 1. The maximum absolute atomic E-state index is 5.73. The van der Waals surface area contributed by atoms with E-state index in [2.05, 4.69) is 94.7 Å². The largest absolute Gasteiger partial charge is 0.492 e. The quantitative estimate of drug-likeness (QED) is 0.273. The van der Waals surface area contributed by atoms with Gasteiger partial charge in [0.05, 0.1) is 22.8 Å². The molecule has 4 heteroatoms. The second kappa shape index (κ2) is 9.56. The van der Waals surface area contributed by atoms with Crippen LogP contribution >= 0.6 is 15.9 Å². The molecule has 168 valence electrons. The van der Waals surface area contributed by atoms with E-state index in [1.54, 1.807) is 0 Å². The number of aryl methyl sites for hydroxylation is 1. The van der Waals surface area contributed by atoms with E-state index < -0.39 is 0 Å². The topological polar surface area (TPSA) is 33.6 Å². The predicted molar refractivity (Wildman–Crippen MR) is 141 cm³/mol. The minimum absolute atomic E-state index is 0.310. The SMILES string of the molecule is CCCOc1ccc(C=Nc2ccc([C@@H]3Nc4ccc(C)cc4[C@@H]4C=CC[C@H]43)cc2)cc1Br. The predicted octanol–water partition coefficient (Wildman–Crippen LogP) is 8.12. The molecule has 3 atom stereocenters. The molecule has 0 saturated carbocycles. The van der Waals surface area contributed by atoms with Gasteiger partial charge in [0.2, 0.25) is 0 Å². The molecule has 0 fully saturated rings. The van der Waals surface area contributed by atoms with Crippen molar-refractivity contribution >= 4 is 33.5 Å². The Labute approximate surface area is 204 Å². The van der Waals surface area contributed by atoms with Crippen LogP contribution in [0.1, 0.15) is 54.0 Å². The number of ether oxygens (including phenoxy) is 1. The molecule has 1 N–H and O–H groups in total. The van der Waals surface area contributed by atoms with E-state index >= 15 is 0 Å². The Morgan fingerprint density at radius 3 is 2.73 bits per heavy atom. The highest BCUT2D eigenvalue weighted by molar-refractivity contribution is 9.10. The van der Waals surface area contributed by atoms with Crippen molar-refractivity contribution in [2.24, 2.45) is 10.9 Å². The van der Waals surface area contributed by atoms with Gasteiger partial charge in [-0.2, -0.15) is 0 Å². The summed E-state index contributed by atoms with van der Waals surface area (Å²) < 4.78 is 6.68. The first-order valence-corrected chi connectivity index (χ1v) is 12.5. The van der Waals surface area contributed by atoms with Gasteiger partial charge in [0.25, 0.3) is 0 Å². The van der Waals surface area contributed by atoms with Crippen LogP contribution in [0.2, 0.25) is 0 Å². The molecule has 1 aliphatic heterocycles. The Morgan fingerprint density at radius 2 is 1.94 bits per heavy atom. The third-order valence-corrected chi connectivity index (χ3v) is 7.17. The number of nitrogens with one attached hydrogen (secondary N) is 1. The first kappa shape index (κ1) is 22.0. The number of benzene rings is 3. The van der Waals surface area contributed by atoms with Crippen LogP contribution in [0.4, 0.5) is 11.4 Å². The van der Waals surface area contributed by atoms with E-state index in [0.29, 0.717) is 17.9 Å². The third-order valence-electron chi connectivity index (χ3n) is 6.55. The van der Waals surface area contributed by atoms with Crippen molar-refractivity contribution in [1.82, 2.24) is 0 Å². The lowest BCUT2D eigenvalue weighted by Crippen LogP contribution is -2.29. The average Bonchev–Trinajstić information content (AvgIpc) is 3.33. The molecule has 0 bridgehead atoms. The highest BCUT2D eigenvalue weighted by Crippen LogP contribution is 2.50. The molecule has 33 heavy (non-hydrogen) atoms. The summed E-state index contributed by atoms with van der Waals surface area (Å²) in [5.74, 6) is 1.92. The first-order valence-electron chi connectivity index (χ1n) is 11.7. The molecule has 1 aliphatic carbocycles. The van der Waals surface area contributed by atoms with Gasteiger partial charge in [-0.25, -0.2) is 0 Å². The van der Waals surface area contributed by atoms with Crippen LogP contribution in [-0.2, 0) is 0 Å². The molecular formula is C29H29BrN2O. The number of hydrogen-bond acceptors (Lipinski definition) is 3. The number of allylic oxidation sites excluding steroid dienone is 2. The normalized spacial score (nSPS) is 21.0. The first-order chi connectivity index (χ1) is 16.1. The molecular weight excluding hydrogens is 472 g/mol. The number of nitrogens with zero attached hydrogens (tertiary/aromatic N) is 1. The Bertz CT molecular complexity index is 1200. The fourth-order valence-electron chi connectivity index (χ4n) is 4.89. The lowest BCUT2D eigenvalue weighted by atomic mass is 9.76. The van der Waals surface area contributed by atoms with Crippen molar-refractivity contribution in [3.8, 4) is 5.75 Å². The summed E-state index contributed by atoms with van der Waals surface area (Å²) in [5, 5.41) is 3.82.